The Labute approximate surface area is 116 Å². The highest BCUT2D eigenvalue weighted by atomic mass is 16.5. The Kier molecular flexibility index (Phi) is 3.29. The van der Waals surface area contributed by atoms with Gasteiger partial charge >= 0.3 is 5.69 Å². The summed E-state index contributed by atoms with van der Waals surface area (Å²) in [5, 5.41) is 0. The highest BCUT2D eigenvalue weighted by Gasteiger charge is 2.05. The fourth-order valence-electron chi connectivity index (χ4n) is 2.22. The number of nitrogens with zero attached hydrogens (tertiary/aromatic N) is 1. The predicted octanol–water partition coefficient (Wildman–Crippen LogP) is 2.72. The van der Waals surface area contributed by atoms with Crippen molar-refractivity contribution in [2.24, 2.45) is 0 Å². The molecule has 1 aromatic heterocycles. The van der Waals surface area contributed by atoms with Crippen LogP contribution >= 0.6 is 0 Å². The molecule has 0 aliphatic heterocycles. The zero-order valence-corrected chi connectivity index (χ0v) is 11.3. The Bertz CT molecular complexity index is 769. The average molecular weight is 268 g/mol. The van der Waals surface area contributed by atoms with Crippen molar-refractivity contribution < 1.29 is 4.74 Å². The lowest BCUT2D eigenvalue weighted by molar-refractivity contribution is 0.298. The van der Waals surface area contributed by atoms with Crippen LogP contribution in [0.15, 0.2) is 53.3 Å². The monoisotopic (exact) mass is 268 g/mol. The van der Waals surface area contributed by atoms with E-state index in [4.69, 9.17) is 4.74 Å². The van der Waals surface area contributed by atoms with E-state index in [9.17, 15) is 4.79 Å². The van der Waals surface area contributed by atoms with Crippen molar-refractivity contribution in [3.63, 3.8) is 0 Å². The minimum Gasteiger partial charge on any atom is -0.492 e. The van der Waals surface area contributed by atoms with Crippen LogP contribution in [0.5, 0.6) is 5.75 Å². The number of hydrogen-bond acceptors (Lipinski definition) is 2. The standard InChI is InChI=1S/C16H16N2O2/c1-12-6-8-13(9-7-12)20-11-10-18-15-5-3-2-4-14(15)17-16(18)19/h2-9H,10-11H2,1H3,(H,17,19). The number of rotatable bonds is 4. The van der Waals surface area contributed by atoms with E-state index in [1.165, 1.54) is 5.56 Å². The molecule has 1 N–H and O–H groups in total. The maximum atomic E-state index is 11.9. The van der Waals surface area contributed by atoms with Gasteiger partial charge in [0.05, 0.1) is 17.6 Å². The van der Waals surface area contributed by atoms with Crippen molar-refractivity contribution in [1.29, 1.82) is 0 Å². The van der Waals surface area contributed by atoms with Crippen molar-refractivity contribution in [2.75, 3.05) is 6.61 Å². The molecule has 0 aliphatic rings. The Morgan fingerprint density at radius 2 is 1.85 bits per heavy atom. The summed E-state index contributed by atoms with van der Waals surface area (Å²) < 4.78 is 7.36. The van der Waals surface area contributed by atoms with Crippen molar-refractivity contribution in [3.05, 3.63) is 64.6 Å². The smallest absolute Gasteiger partial charge is 0.326 e. The van der Waals surface area contributed by atoms with Crippen LogP contribution in [-0.2, 0) is 6.54 Å². The van der Waals surface area contributed by atoms with E-state index in [0.29, 0.717) is 13.2 Å². The molecule has 0 bridgehead atoms. The van der Waals surface area contributed by atoms with Gasteiger partial charge in [0, 0.05) is 0 Å². The third-order valence-electron chi connectivity index (χ3n) is 3.29. The maximum Gasteiger partial charge on any atom is 0.326 e. The SMILES string of the molecule is Cc1ccc(OCCn2c(=O)[nH]c3ccccc32)cc1. The van der Waals surface area contributed by atoms with E-state index in [1.807, 2.05) is 55.5 Å². The summed E-state index contributed by atoms with van der Waals surface area (Å²) in [6, 6.07) is 15.5. The van der Waals surface area contributed by atoms with Gasteiger partial charge in [0.2, 0.25) is 0 Å². The molecule has 1 heterocycles. The first-order valence-electron chi connectivity index (χ1n) is 6.61. The molecule has 0 atom stereocenters. The summed E-state index contributed by atoms with van der Waals surface area (Å²) in [6.45, 7) is 3.02. The molecule has 102 valence electrons. The van der Waals surface area contributed by atoms with Crippen LogP contribution in [-0.4, -0.2) is 16.2 Å². The highest BCUT2D eigenvalue weighted by molar-refractivity contribution is 5.74. The second-order valence-corrected chi connectivity index (χ2v) is 4.76. The lowest BCUT2D eigenvalue weighted by atomic mass is 10.2. The summed E-state index contributed by atoms with van der Waals surface area (Å²) in [5.41, 5.74) is 2.86. The van der Waals surface area contributed by atoms with Crippen molar-refractivity contribution in [3.8, 4) is 5.75 Å². The molecule has 0 radical (unpaired) electrons. The van der Waals surface area contributed by atoms with Gasteiger partial charge < -0.3 is 9.72 Å². The molecule has 20 heavy (non-hydrogen) atoms. The molecule has 0 fully saturated rings. The van der Waals surface area contributed by atoms with E-state index >= 15 is 0 Å². The number of imidazole rings is 1. The fraction of sp³-hybridized carbons (Fsp3) is 0.188. The summed E-state index contributed by atoms with van der Waals surface area (Å²) in [7, 11) is 0. The number of aryl methyl sites for hydroxylation is 1. The molecule has 4 nitrogen and oxygen atoms in total. The van der Waals surface area contributed by atoms with Crippen LogP contribution in [0.25, 0.3) is 11.0 Å². The molecule has 3 rings (SSSR count). The molecule has 0 spiro atoms. The first-order chi connectivity index (χ1) is 9.74. The van der Waals surface area contributed by atoms with Crippen LogP contribution in [0.4, 0.5) is 0 Å². The Hall–Kier alpha value is -2.49. The fourth-order valence-corrected chi connectivity index (χ4v) is 2.22. The Morgan fingerprint density at radius 1 is 1.10 bits per heavy atom. The van der Waals surface area contributed by atoms with E-state index in [0.717, 1.165) is 16.8 Å². The summed E-state index contributed by atoms with van der Waals surface area (Å²) in [6.07, 6.45) is 0. The number of H-pyrrole nitrogens is 1. The molecular weight excluding hydrogens is 252 g/mol. The van der Waals surface area contributed by atoms with Crippen LogP contribution < -0.4 is 10.4 Å². The number of ether oxygens (including phenoxy) is 1. The van der Waals surface area contributed by atoms with Crippen molar-refractivity contribution in [2.45, 2.75) is 13.5 Å². The minimum absolute atomic E-state index is 0.0984. The Balaban J connectivity index is 1.72. The van der Waals surface area contributed by atoms with Crippen molar-refractivity contribution >= 4 is 11.0 Å². The highest BCUT2D eigenvalue weighted by Crippen LogP contribution is 2.12. The van der Waals surface area contributed by atoms with E-state index in [2.05, 4.69) is 4.98 Å². The van der Waals surface area contributed by atoms with Crippen LogP contribution in [0, 0.1) is 6.92 Å². The third kappa shape index (κ3) is 2.45. The van der Waals surface area contributed by atoms with Gasteiger partial charge in [-0.25, -0.2) is 4.79 Å². The topological polar surface area (TPSA) is 47.0 Å². The number of fused-ring (bicyclic) bond motifs is 1. The number of para-hydroxylation sites is 2. The molecule has 0 aliphatic carbocycles. The van der Waals surface area contributed by atoms with Gasteiger partial charge in [-0.2, -0.15) is 0 Å². The Morgan fingerprint density at radius 3 is 2.65 bits per heavy atom. The first kappa shape index (κ1) is 12.5. The number of hydrogen-bond donors (Lipinski definition) is 1. The van der Waals surface area contributed by atoms with E-state index < -0.39 is 0 Å². The van der Waals surface area contributed by atoms with Gasteiger partial charge in [0.25, 0.3) is 0 Å². The van der Waals surface area contributed by atoms with Gasteiger partial charge in [-0.05, 0) is 31.2 Å². The number of nitrogens with one attached hydrogen (secondary N) is 1. The quantitative estimate of drug-likeness (QED) is 0.791. The second-order valence-electron chi connectivity index (χ2n) is 4.76. The lowest BCUT2D eigenvalue weighted by Gasteiger charge is -2.07. The number of aromatic amines is 1. The van der Waals surface area contributed by atoms with Crippen LogP contribution in [0.3, 0.4) is 0 Å². The molecule has 4 heteroatoms. The van der Waals surface area contributed by atoms with E-state index in [1.54, 1.807) is 4.57 Å². The molecule has 0 amide bonds. The normalized spacial score (nSPS) is 10.8. The summed E-state index contributed by atoms with van der Waals surface area (Å²) in [4.78, 5) is 14.7. The van der Waals surface area contributed by atoms with Gasteiger partial charge in [-0.1, -0.05) is 29.8 Å². The summed E-state index contributed by atoms with van der Waals surface area (Å²) in [5.74, 6) is 0.823. The van der Waals surface area contributed by atoms with Crippen molar-refractivity contribution in [1.82, 2.24) is 9.55 Å². The largest absolute Gasteiger partial charge is 0.492 e. The molecule has 0 unspecified atom stereocenters. The van der Waals surface area contributed by atoms with E-state index in [-0.39, 0.29) is 5.69 Å². The summed E-state index contributed by atoms with van der Waals surface area (Å²) >= 11 is 0. The lowest BCUT2D eigenvalue weighted by Crippen LogP contribution is -2.20. The maximum absolute atomic E-state index is 11.9. The predicted molar refractivity (Wildman–Crippen MR) is 79.2 cm³/mol. The molecule has 3 aromatic rings. The van der Waals surface area contributed by atoms with Crippen LogP contribution in [0.1, 0.15) is 5.56 Å². The molecular formula is C16H16N2O2. The molecule has 2 aromatic carbocycles. The molecule has 0 saturated carbocycles. The minimum atomic E-state index is -0.0984. The first-order valence-corrected chi connectivity index (χ1v) is 6.61. The number of benzene rings is 2. The second kappa shape index (κ2) is 5.25. The van der Waals surface area contributed by atoms with Gasteiger partial charge in [0.1, 0.15) is 12.4 Å². The zero-order chi connectivity index (χ0) is 13.9. The van der Waals surface area contributed by atoms with Gasteiger partial charge in [0.15, 0.2) is 0 Å². The number of aromatic nitrogens is 2. The van der Waals surface area contributed by atoms with Gasteiger partial charge in [-0.3, -0.25) is 4.57 Å². The third-order valence-corrected chi connectivity index (χ3v) is 3.29. The van der Waals surface area contributed by atoms with Crippen LogP contribution in [0.2, 0.25) is 0 Å². The van der Waals surface area contributed by atoms with Gasteiger partial charge in [-0.15, -0.1) is 0 Å². The zero-order valence-electron chi connectivity index (χ0n) is 11.3. The average Bonchev–Trinajstić information content (AvgIpc) is 2.77. The molecule has 0 saturated heterocycles.